The van der Waals surface area contributed by atoms with E-state index in [1.807, 2.05) is 65.2 Å². The summed E-state index contributed by atoms with van der Waals surface area (Å²) in [4.78, 5) is 19.9. The fourth-order valence-electron chi connectivity index (χ4n) is 5.64. The van der Waals surface area contributed by atoms with Crippen LogP contribution in [0.4, 0.5) is 0 Å². The van der Waals surface area contributed by atoms with Crippen LogP contribution < -0.4 is 33.8 Å². The first-order valence-corrected chi connectivity index (χ1v) is 14.6. The highest BCUT2D eigenvalue weighted by atomic mass is 32.1. The van der Waals surface area contributed by atoms with Gasteiger partial charge in [0.05, 0.1) is 44.7 Å². The van der Waals surface area contributed by atoms with Crippen molar-refractivity contribution in [2.24, 2.45) is 4.99 Å². The van der Waals surface area contributed by atoms with E-state index in [-0.39, 0.29) is 11.6 Å². The Balaban J connectivity index is 1.53. The molecule has 0 spiro atoms. The van der Waals surface area contributed by atoms with Gasteiger partial charge in [-0.3, -0.25) is 9.36 Å². The summed E-state index contributed by atoms with van der Waals surface area (Å²) in [5, 5.41) is 0. The van der Waals surface area contributed by atoms with Crippen molar-refractivity contribution in [2.75, 3.05) is 28.4 Å². The number of ether oxygens (including phenoxy) is 4. The Bertz CT molecular complexity index is 1860. The highest BCUT2D eigenvalue weighted by Crippen LogP contribution is 2.41. The zero-order chi connectivity index (χ0) is 29.2. The number of rotatable bonds is 7. The van der Waals surface area contributed by atoms with E-state index >= 15 is 0 Å². The number of methoxy groups -OCH3 is 4. The van der Waals surface area contributed by atoms with Crippen LogP contribution in [0.5, 0.6) is 23.0 Å². The highest BCUT2D eigenvalue weighted by molar-refractivity contribution is 7.07. The molecule has 8 heteroatoms. The van der Waals surface area contributed by atoms with Gasteiger partial charge in [-0.15, -0.1) is 0 Å². The summed E-state index contributed by atoms with van der Waals surface area (Å²) >= 11 is 1.41. The molecule has 1 aliphatic heterocycles. The maximum absolute atomic E-state index is 14.1. The Labute approximate surface area is 248 Å². The summed E-state index contributed by atoms with van der Waals surface area (Å²) in [7, 11) is 6.54. The SMILES string of the molecule is COc1ccc(C=C2CCCC3=C2N=c2sc(=Cc4ccc(OC)c(OC)c4)c(=O)n2C3c2ccc(OC)cc2)cc1. The summed E-state index contributed by atoms with van der Waals surface area (Å²) in [6.07, 6.45) is 6.88. The third-order valence-corrected chi connectivity index (χ3v) is 8.71. The van der Waals surface area contributed by atoms with Crippen LogP contribution in [-0.4, -0.2) is 33.0 Å². The zero-order valence-electron chi connectivity index (χ0n) is 24.0. The van der Waals surface area contributed by atoms with Crippen LogP contribution in [0.1, 0.15) is 42.0 Å². The molecular formula is C34H32N2O5S. The van der Waals surface area contributed by atoms with Crippen molar-refractivity contribution in [1.29, 1.82) is 0 Å². The smallest absolute Gasteiger partial charge is 0.271 e. The Morgan fingerprint density at radius 3 is 2.12 bits per heavy atom. The third-order valence-electron chi connectivity index (χ3n) is 7.73. The molecular weight excluding hydrogens is 548 g/mol. The number of thiazole rings is 1. The topological polar surface area (TPSA) is 71.3 Å². The van der Waals surface area contributed by atoms with Gasteiger partial charge in [0, 0.05) is 0 Å². The van der Waals surface area contributed by atoms with Crippen LogP contribution in [0.2, 0.25) is 0 Å². The predicted molar refractivity (Wildman–Crippen MR) is 165 cm³/mol. The van der Waals surface area contributed by atoms with Crippen molar-refractivity contribution in [2.45, 2.75) is 25.3 Å². The van der Waals surface area contributed by atoms with Gasteiger partial charge < -0.3 is 18.9 Å². The van der Waals surface area contributed by atoms with Gasteiger partial charge in [0.25, 0.3) is 5.56 Å². The summed E-state index contributed by atoms with van der Waals surface area (Å²) < 4.78 is 24.1. The van der Waals surface area contributed by atoms with E-state index in [2.05, 4.69) is 18.2 Å². The summed E-state index contributed by atoms with van der Waals surface area (Å²) in [5.74, 6) is 2.85. The van der Waals surface area contributed by atoms with Crippen molar-refractivity contribution in [3.63, 3.8) is 0 Å². The lowest BCUT2D eigenvalue weighted by molar-refractivity contribution is 0.355. The Morgan fingerprint density at radius 2 is 1.45 bits per heavy atom. The molecule has 0 radical (unpaired) electrons. The first-order valence-electron chi connectivity index (χ1n) is 13.8. The number of allylic oxidation sites excluding steroid dienone is 2. The van der Waals surface area contributed by atoms with E-state index in [0.29, 0.717) is 20.8 Å². The minimum Gasteiger partial charge on any atom is -0.497 e. The van der Waals surface area contributed by atoms with Crippen LogP contribution in [0.3, 0.4) is 0 Å². The van der Waals surface area contributed by atoms with Crippen molar-refractivity contribution < 1.29 is 18.9 Å². The van der Waals surface area contributed by atoms with Gasteiger partial charge in [-0.2, -0.15) is 0 Å². The van der Waals surface area contributed by atoms with Gasteiger partial charge >= 0.3 is 0 Å². The molecule has 3 aromatic carbocycles. The zero-order valence-corrected chi connectivity index (χ0v) is 24.9. The van der Waals surface area contributed by atoms with Crippen molar-refractivity contribution in [3.8, 4) is 23.0 Å². The average Bonchev–Trinajstić information content (AvgIpc) is 3.34. The largest absolute Gasteiger partial charge is 0.497 e. The quantitative estimate of drug-likeness (QED) is 0.288. The monoisotopic (exact) mass is 580 g/mol. The molecule has 214 valence electrons. The van der Waals surface area contributed by atoms with E-state index in [1.165, 1.54) is 16.9 Å². The number of fused-ring (bicyclic) bond motifs is 1. The number of aromatic nitrogens is 1. The molecule has 1 aliphatic carbocycles. The molecule has 7 nitrogen and oxygen atoms in total. The Hall–Kier alpha value is -4.56. The second kappa shape index (κ2) is 11.7. The van der Waals surface area contributed by atoms with Crippen molar-refractivity contribution in [1.82, 2.24) is 4.57 Å². The standard InChI is InChI=1S/C34H32N2O5S/c1-38-25-13-8-21(9-14-25)18-24-6-5-7-27-31(24)35-34-36(32(27)23-11-15-26(39-2)16-12-23)33(37)30(42-34)20-22-10-17-28(40-3)29(19-22)41-4/h8-20,32H,5-7H2,1-4H3. The summed E-state index contributed by atoms with van der Waals surface area (Å²) in [6.45, 7) is 0. The molecule has 0 amide bonds. The Kier molecular flexibility index (Phi) is 7.71. The lowest BCUT2D eigenvalue weighted by Crippen LogP contribution is -2.39. The van der Waals surface area contributed by atoms with Crippen LogP contribution in [0.25, 0.3) is 12.2 Å². The van der Waals surface area contributed by atoms with Crippen LogP contribution in [0, 0.1) is 0 Å². The van der Waals surface area contributed by atoms with E-state index in [1.54, 1.807) is 28.4 Å². The lowest BCUT2D eigenvalue weighted by atomic mass is 9.84. The molecule has 4 aromatic rings. The average molecular weight is 581 g/mol. The molecule has 1 atom stereocenters. The molecule has 0 fully saturated rings. The van der Waals surface area contributed by atoms with E-state index < -0.39 is 0 Å². The summed E-state index contributed by atoms with van der Waals surface area (Å²) in [6, 6.07) is 21.4. The van der Waals surface area contributed by atoms with E-state index in [0.717, 1.165) is 58.7 Å². The van der Waals surface area contributed by atoms with Gasteiger partial charge in [-0.1, -0.05) is 41.7 Å². The Morgan fingerprint density at radius 1 is 0.786 bits per heavy atom. The molecule has 2 heterocycles. The minimum atomic E-state index is -0.255. The molecule has 0 saturated carbocycles. The lowest BCUT2D eigenvalue weighted by Gasteiger charge is -2.31. The van der Waals surface area contributed by atoms with Gasteiger partial charge in [0.2, 0.25) is 0 Å². The molecule has 0 N–H and O–H groups in total. The molecule has 6 rings (SSSR count). The fraction of sp³-hybridized carbons (Fsp3) is 0.235. The minimum absolute atomic E-state index is 0.0628. The highest BCUT2D eigenvalue weighted by Gasteiger charge is 2.32. The predicted octanol–water partition coefficient (Wildman–Crippen LogP) is 5.52. The molecule has 0 saturated heterocycles. The maximum atomic E-state index is 14.1. The van der Waals surface area contributed by atoms with Crippen LogP contribution in [0.15, 0.2) is 93.4 Å². The molecule has 1 aromatic heterocycles. The van der Waals surface area contributed by atoms with Gasteiger partial charge in [0.15, 0.2) is 16.3 Å². The fourth-order valence-corrected chi connectivity index (χ4v) is 6.64. The number of hydrogen-bond donors (Lipinski definition) is 0. The molecule has 0 bridgehead atoms. The van der Waals surface area contributed by atoms with E-state index in [4.69, 9.17) is 23.9 Å². The second-order valence-electron chi connectivity index (χ2n) is 10.1. The van der Waals surface area contributed by atoms with Gasteiger partial charge in [-0.25, -0.2) is 4.99 Å². The second-order valence-corrected chi connectivity index (χ2v) is 11.1. The van der Waals surface area contributed by atoms with Crippen LogP contribution in [-0.2, 0) is 0 Å². The third kappa shape index (κ3) is 5.14. The molecule has 2 aliphatic rings. The maximum Gasteiger partial charge on any atom is 0.271 e. The number of nitrogens with zero attached hydrogens (tertiary/aromatic N) is 2. The normalized spacial score (nSPS) is 17.4. The van der Waals surface area contributed by atoms with Crippen molar-refractivity contribution in [3.05, 3.63) is 120 Å². The van der Waals surface area contributed by atoms with E-state index in [9.17, 15) is 4.79 Å². The van der Waals surface area contributed by atoms with Gasteiger partial charge in [0.1, 0.15) is 11.5 Å². The molecule has 1 unspecified atom stereocenters. The number of benzene rings is 3. The van der Waals surface area contributed by atoms with Crippen LogP contribution >= 0.6 is 11.3 Å². The van der Waals surface area contributed by atoms with Crippen molar-refractivity contribution >= 4 is 23.5 Å². The summed E-state index contributed by atoms with van der Waals surface area (Å²) in [5.41, 5.74) is 6.23. The number of hydrogen-bond acceptors (Lipinski definition) is 7. The first-order chi connectivity index (χ1) is 20.5. The first kappa shape index (κ1) is 27.6. The molecule has 42 heavy (non-hydrogen) atoms. The van der Waals surface area contributed by atoms with Gasteiger partial charge in [-0.05, 0) is 95.6 Å².